The van der Waals surface area contributed by atoms with Crippen molar-refractivity contribution >= 4 is 15.9 Å². The third-order valence-electron chi connectivity index (χ3n) is 3.18. The topological polar surface area (TPSA) is 75.3 Å². The minimum atomic E-state index is -2.97. The summed E-state index contributed by atoms with van der Waals surface area (Å²) in [6.45, 7) is 6.43. The van der Waals surface area contributed by atoms with Crippen molar-refractivity contribution in [3.05, 3.63) is 34.9 Å². The molecule has 124 valence electrons. The summed E-state index contributed by atoms with van der Waals surface area (Å²) in [6, 6.07) is 6.11. The average Bonchev–Trinajstić information content (AvgIpc) is 2.31. The van der Waals surface area contributed by atoms with Crippen LogP contribution in [0.4, 0.5) is 4.79 Å². The monoisotopic (exact) mass is 326 g/mol. The zero-order chi connectivity index (χ0) is 16.8. The maximum absolute atomic E-state index is 11.7. The predicted octanol–water partition coefficient (Wildman–Crippen LogP) is 1.97. The Morgan fingerprint density at radius 2 is 1.77 bits per heavy atom. The summed E-state index contributed by atoms with van der Waals surface area (Å²) in [7, 11) is -2.97. The standard InChI is InChI=1S/C16H26N2O3S/c1-12-8-13(2)10-15(9-12)11-14(3)18-16(19)17-6-5-7-22(4,20)21/h8-10,14H,5-7,11H2,1-4H3,(H2,17,18,19)/t14-/m1/s1. The molecule has 0 aliphatic heterocycles. The van der Waals surface area contributed by atoms with E-state index in [2.05, 4.69) is 42.7 Å². The largest absolute Gasteiger partial charge is 0.338 e. The van der Waals surface area contributed by atoms with E-state index in [0.717, 1.165) is 6.42 Å². The van der Waals surface area contributed by atoms with Gasteiger partial charge in [0.1, 0.15) is 9.84 Å². The van der Waals surface area contributed by atoms with E-state index in [1.807, 2.05) is 6.92 Å². The van der Waals surface area contributed by atoms with Crippen LogP contribution in [0.2, 0.25) is 0 Å². The minimum absolute atomic E-state index is 0.0103. The minimum Gasteiger partial charge on any atom is -0.338 e. The first kappa shape index (κ1) is 18.5. The first-order chi connectivity index (χ1) is 10.2. The van der Waals surface area contributed by atoms with Gasteiger partial charge in [-0.25, -0.2) is 13.2 Å². The van der Waals surface area contributed by atoms with Crippen molar-refractivity contribution in [2.24, 2.45) is 0 Å². The maximum atomic E-state index is 11.7. The number of hydrogen-bond donors (Lipinski definition) is 2. The fourth-order valence-corrected chi connectivity index (χ4v) is 3.07. The normalized spacial score (nSPS) is 12.7. The van der Waals surface area contributed by atoms with Crippen LogP contribution in [0.15, 0.2) is 18.2 Å². The number of nitrogens with one attached hydrogen (secondary N) is 2. The van der Waals surface area contributed by atoms with Crippen molar-refractivity contribution in [2.75, 3.05) is 18.6 Å². The molecular formula is C16H26N2O3S. The Kier molecular flexibility index (Phi) is 6.87. The Balaban J connectivity index is 2.35. The number of amides is 2. The molecule has 0 aromatic heterocycles. The molecule has 1 atom stereocenters. The van der Waals surface area contributed by atoms with E-state index < -0.39 is 9.84 Å². The van der Waals surface area contributed by atoms with Crippen LogP contribution in [0.25, 0.3) is 0 Å². The quantitative estimate of drug-likeness (QED) is 0.752. The Morgan fingerprint density at radius 3 is 2.32 bits per heavy atom. The zero-order valence-electron chi connectivity index (χ0n) is 13.8. The maximum Gasteiger partial charge on any atom is 0.315 e. The van der Waals surface area contributed by atoms with Crippen molar-refractivity contribution in [3.63, 3.8) is 0 Å². The summed E-state index contributed by atoms with van der Waals surface area (Å²) in [6.07, 6.45) is 2.38. The van der Waals surface area contributed by atoms with Gasteiger partial charge in [-0.2, -0.15) is 0 Å². The summed E-state index contributed by atoms with van der Waals surface area (Å²) >= 11 is 0. The Hall–Kier alpha value is -1.56. The number of carbonyl (C=O) groups is 1. The Labute approximate surface area is 133 Å². The molecule has 1 rings (SSSR count). The van der Waals surface area contributed by atoms with Gasteiger partial charge in [0.2, 0.25) is 0 Å². The number of carbonyl (C=O) groups excluding carboxylic acids is 1. The lowest BCUT2D eigenvalue weighted by Gasteiger charge is -2.15. The Bertz CT molecular complexity index is 592. The van der Waals surface area contributed by atoms with Crippen molar-refractivity contribution in [3.8, 4) is 0 Å². The molecule has 0 bridgehead atoms. The first-order valence-electron chi connectivity index (χ1n) is 7.45. The van der Waals surface area contributed by atoms with Crippen LogP contribution in [0.1, 0.15) is 30.0 Å². The number of rotatable bonds is 7. The van der Waals surface area contributed by atoms with Crippen molar-refractivity contribution in [2.45, 2.75) is 39.7 Å². The average molecular weight is 326 g/mol. The molecule has 2 amide bonds. The van der Waals surface area contributed by atoms with Crippen LogP contribution in [-0.2, 0) is 16.3 Å². The molecule has 22 heavy (non-hydrogen) atoms. The summed E-state index contributed by atoms with van der Waals surface area (Å²) in [5, 5.41) is 5.55. The third-order valence-corrected chi connectivity index (χ3v) is 4.21. The molecular weight excluding hydrogens is 300 g/mol. The molecule has 0 saturated heterocycles. The number of benzene rings is 1. The second kappa shape index (κ2) is 8.17. The van der Waals surface area contributed by atoms with E-state index in [9.17, 15) is 13.2 Å². The number of sulfone groups is 1. The highest BCUT2D eigenvalue weighted by atomic mass is 32.2. The molecule has 0 fully saturated rings. The smallest absolute Gasteiger partial charge is 0.315 e. The van der Waals surface area contributed by atoms with E-state index in [1.165, 1.54) is 22.9 Å². The lowest BCUT2D eigenvalue weighted by atomic mass is 10.0. The molecule has 0 radical (unpaired) electrons. The summed E-state index contributed by atoms with van der Waals surface area (Å²) in [5.74, 6) is 0.0887. The van der Waals surface area contributed by atoms with Gasteiger partial charge < -0.3 is 10.6 Å². The van der Waals surface area contributed by atoms with Gasteiger partial charge in [-0.1, -0.05) is 29.3 Å². The van der Waals surface area contributed by atoms with Crippen LogP contribution >= 0.6 is 0 Å². The van der Waals surface area contributed by atoms with Crippen LogP contribution in [0.5, 0.6) is 0 Å². The lowest BCUT2D eigenvalue weighted by Crippen LogP contribution is -2.42. The number of hydrogen-bond acceptors (Lipinski definition) is 3. The van der Waals surface area contributed by atoms with E-state index in [-0.39, 0.29) is 17.8 Å². The van der Waals surface area contributed by atoms with Crippen LogP contribution < -0.4 is 10.6 Å². The highest BCUT2D eigenvalue weighted by Crippen LogP contribution is 2.10. The fourth-order valence-electron chi connectivity index (χ4n) is 2.40. The lowest BCUT2D eigenvalue weighted by molar-refractivity contribution is 0.237. The first-order valence-corrected chi connectivity index (χ1v) is 9.51. The van der Waals surface area contributed by atoms with E-state index >= 15 is 0 Å². The number of urea groups is 1. The summed E-state index contributed by atoms with van der Waals surface area (Å²) < 4.78 is 22.0. The Morgan fingerprint density at radius 1 is 1.18 bits per heavy atom. The van der Waals surface area contributed by atoms with Gasteiger partial charge in [-0.05, 0) is 39.2 Å². The molecule has 0 aliphatic carbocycles. The van der Waals surface area contributed by atoms with E-state index in [4.69, 9.17) is 0 Å². The molecule has 0 heterocycles. The molecule has 0 spiro atoms. The predicted molar refractivity (Wildman–Crippen MR) is 89.9 cm³/mol. The van der Waals surface area contributed by atoms with Gasteiger partial charge >= 0.3 is 6.03 Å². The summed E-state index contributed by atoms with van der Waals surface area (Å²) in [4.78, 5) is 11.7. The van der Waals surface area contributed by atoms with Crippen molar-refractivity contribution in [1.29, 1.82) is 0 Å². The SMILES string of the molecule is Cc1cc(C)cc(C[C@@H](C)NC(=O)NCCCS(C)(=O)=O)c1. The number of aryl methyl sites for hydroxylation is 2. The second-order valence-corrected chi connectivity index (χ2v) is 8.24. The van der Waals surface area contributed by atoms with E-state index in [1.54, 1.807) is 0 Å². The fraction of sp³-hybridized carbons (Fsp3) is 0.562. The molecule has 0 unspecified atom stereocenters. The summed E-state index contributed by atoms with van der Waals surface area (Å²) in [5.41, 5.74) is 3.63. The molecule has 1 aromatic rings. The molecule has 6 heteroatoms. The van der Waals surface area contributed by atoms with Gasteiger partial charge in [0.25, 0.3) is 0 Å². The van der Waals surface area contributed by atoms with Crippen LogP contribution in [0.3, 0.4) is 0 Å². The van der Waals surface area contributed by atoms with Gasteiger partial charge in [-0.3, -0.25) is 0 Å². The molecule has 2 N–H and O–H groups in total. The van der Waals surface area contributed by atoms with Crippen molar-refractivity contribution < 1.29 is 13.2 Å². The highest BCUT2D eigenvalue weighted by Gasteiger charge is 2.09. The van der Waals surface area contributed by atoms with E-state index in [0.29, 0.717) is 13.0 Å². The molecule has 5 nitrogen and oxygen atoms in total. The van der Waals surface area contributed by atoms with Crippen LogP contribution in [-0.4, -0.2) is 39.0 Å². The highest BCUT2D eigenvalue weighted by molar-refractivity contribution is 7.90. The van der Waals surface area contributed by atoms with Gasteiger partial charge in [0.15, 0.2) is 0 Å². The molecule has 0 aliphatic rings. The third kappa shape index (κ3) is 8.02. The second-order valence-electron chi connectivity index (χ2n) is 5.98. The molecule has 0 saturated carbocycles. The zero-order valence-corrected chi connectivity index (χ0v) is 14.6. The van der Waals surface area contributed by atoms with Gasteiger partial charge in [0, 0.05) is 18.8 Å². The van der Waals surface area contributed by atoms with Gasteiger partial charge in [0.05, 0.1) is 5.75 Å². The molecule has 1 aromatic carbocycles. The van der Waals surface area contributed by atoms with Crippen molar-refractivity contribution in [1.82, 2.24) is 10.6 Å². The van der Waals surface area contributed by atoms with Gasteiger partial charge in [-0.15, -0.1) is 0 Å². The van der Waals surface area contributed by atoms with Crippen LogP contribution in [0, 0.1) is 13.8 Å².